The number of aliphatic carboxylic acids is 1. The quantitative estimate of drug-likeness (QED) is 0.787. The van der Waals surface area contributed by atoms with E-state index in [1.54, 1.807) is 0 Å². The molecule has 5 unspecified atom stereocenters. The van der Waals surface area contributed by atoms with E-state index >= 15 is 0 Å². The van der Waals surface area contributed by atoms with Crippen molar-refractivity contribution in [2.75, 3.05) is 6.61 Å². The lowest BCUT2D eigenvalue weighted by Gasteiger charge is -2.42. The summed E-state index contributed by atoms with van der Waals surface area (Å²) in [6.45, 7) is 8.63. The molecule has 0 aromatic carbocycles. The van der Waals surface area contributed by atoms with Gasteiger partial charge >= 0.3 is 11.9 Å². The molecule has 0 amide bonds. The molecule has 0 aromatic heterocycles. The molecule has 2 aliphatic rings. The molecule has 20 heavy (non-hydrogen) atoms. The van der Waals surface area contributed by atoms with E-state index in [9.17, 15) is 9.59 Å². The summed E-state index contributed by atoms with van der Waals surface area (Å²) in [6.07, 6.45) is 3.13. The summed E-state index contributed by atoms with van der Waals surface area (Å²) in [5.74, 6) is 0.675. The summed E-state index contributed by atoms with van der Waals surface area (Å²) in [7, 11) is 0. The number of rotatable bonds is 5. The predicted octanol–water partition coefficient (Wildman–Crippen LogP) is 2.96. The van der Waals surface area contributed by atoms with Crippen molar-refractivity contribution in [2.24, 2.45) is 35.0 Å². The number of hydrogen-bond donors (Lipinski definition) is 1. The highest BCUT2D eigenvalue weighted by Crippen LogP contribution is 2.60. The van der Waals surface area contributed by atoms with Crippen molar-refractivity contribution in [2.45, 2.75) is 47.0 Å². The van der Waals surface area contributed by atoms with Crippen LogP contribution >= 0.6 is 0 Å². The number of ether oxygens (including phenoxy) is 1. The van der Waals surface area contributed by atoms with Crippen LogP contribution in [0.3, 0.4) is 0 Å². The lowest BCUT2D eigenvalue weighted by molar-refractivity contribution is -0.160. The molecule has 4 nitrogen and oxygen atoms in total. The molecule has 114 valence electrons. The van der Waals surface area contributed by atoms with Crippen LogP contribution in [-0.4, -0.2) is 23.7 Å². The van der Waals surface area contributed by atoms with E-state index in [1.165, 1.54) is 0 Å². The normalized spacial score (nSPS) is 36.1. The molecule has 2 fully saturated rings. The number of carbonyl (C=O) groups is 2. The first-order chi connectivity index (χ1) is 9.27. The highest BCUT2D eigenvalue weighted by molar-refractivity contribution is 5.77. The Morgan fingerprint density at radius 3 is 2.45 bits per heavy atom. The van der Waals surface area contributed by atoms with Gasteiger partial charge in [-0.15, -0.1) is 0 Å². The Labute approximate surface area is 120 Å². The second-order valence-corrected chi connectivity index (χ2v) is 7.23. The lowest BCUT2D eigenvalue weighted by Crippen LogP contribution is -2.39. The van der Waals surface area contributed by atoms with E-state index in [-0.39, 0.29) is 11.9 Å². The number of hydrogen-bond acceptors (Lipinski definition) is 3. The number of carboxylic acids is 1. The van der Waals surface area contributed by atoms with Gasteiger partial charge in [0.15, 0.2) is 6.61 Å². The Morgan fingerprint density at radius 1 is 1.30 bits per heavy atom. The van der Waals surface area contributed by atoms with Crippen molar-refractivity contribution in [1.29, 1.82) is 0 Å². The second kappa shape index (κ2) is 5.38. The van der Waals surface area contributed by atoms with Crippen molar-refractivity contribution >= 4 is 11.9 Å². The van der Waals surface area contributed by atoms with Crippen LogP contribution in [0.4, 0.5) is 0 Å². The van der Waals surface area contributed by atoms with Gasteiger partial charge in [0.05, 0.1) is 5.92 Å². The molecule has 0 aromatic rings. The molecular weight excluding hydrogens is 256 g/mol. The maximum atomic E-state index is 12.0. The third kappa shape index (κ3) is 2.57. The Hall–Kier alpha value is -1.06. The molecule has 1 N–H and O–H groups in total. The van der Waals surface area contributed by atoms with Crippen LogP contribution in [0, 0.1) is 35.0 Å². The second-order valence-electron chi connectivity index (χ2n) is 7.23. The SMILES string of the molecule is CCC(C)(C)C1C2CC(C(=O)OCC(=O)O)C(C2)C1C. The van der Waals surface area contributed by atoms with Crippen molar-refractivity contribution < 1.29 is 19.4 Å². The molecule has 0 aliphatic heterocycles. The maximum Gasteiger partial charge on any atom is 0.341 e. The van der Waals surface area contributed by atoms with Crippen molar-refractivity contribution in [3.8, 4) is 0 Å². The molecule has 0 radical (unpaired) electrons. The summed E-state index contributed by atoms with van der Waals surface area (Å²) in [5, 5.41) is 8.59. The average Bonchev–Trinajstić information content (AvgIpc) is 2.93. The third-order valence-electron chi connectivity index (χ3n) is 5.85. The summed E-state index contributed by atoms with van der Waals surface area (Å²) >= 11 is 0. The first-order valence-electron chi connectivity index (χ1n) is 7.66. The van der Waals surface area contributed by atoms with E-state index in [2.05, 4.69) is 27.7 Å². The zero-order chi connectivity index (χ0) is 15.1. The lowest BCUT2D eigenvalue weighted by atomic mass is 9.63. The molecule has 5 atom stereocenters. The van der Waals surface area contributed by atoms with Gasteiger partial charge in [-0.1, -0.05) is 34.1 Å². The summed E-state index contributed by atoms with van der Waals surface area (Å²) in [6, 6.07) is 0. The molecular formula is C16H26O4. The van der Waals surface area contributed by atoms with Crippen LogP contribution in [0.2, 0.25) is 0 Å². The minimum absolute atomic E-state index is 0.0849. The molecule has 2 bridgehead atoms. The number of carbonyl (C=O) groups excluding carboxylic acids is 1. The van der Waals surface area contributed by atoms with Crippen LogP contribution in [0.15, 0.2) is 0 Å². The van der Waals surface area contributed by atoms with Crippen molar-refractivity contribution in [3.05, 3.63) is 0 Å². The largest absolute Gasteiger partial charge is 0.479 e. The Kier molecular flexibility index (Phi) is 4.12. The van der Waals surface area contributed by atoms with Crippen LogP contribution in [0.1, 0.15) is 47.0 Å². The standard InChI is InChI=1S/C16H26O4/c1-5-16(3,4)14-9(2)11-6-10(14)7-12(11)15(19)20-8-13(17)18/h9-12,14H,5-8H2,1-4H3,(H,17,18). The molecule has 0 spiro atoms. The van der Waals surface area contributed by atoms with Crippen LogP contribution < -0.4 is 0 Å². The fourth-order valence-electron chi connectivity index (χ4n) is 4.78. The fourth-order valence-corrected chi connectivity index (χ4v) is 4.78. The van der Waals surface area contributed by atoms with E-state index in [0.29, 0.717) is 29.1 Å². The molecule has 2 rings (SSSR count). The maximum absolute atomic E-state index is 12.0. The highest BCUT2D eigenvalue weighted by atomic mass is 16.5. The van der Waals surface area contributed by atoms with Gasteiger partial charge in [-0.25, -0.2) is 4.79 Å². The summed E-state index contributed by atoms with van der Waals surface area (Å²) in [5.41, 5.74) is 0.314. The predicted molar refractivity (Wildman–Crippen MR) is 75.0 cm³/mol. The van der Waals surface area contributed by atoms with Gasteiger partial charge in [0.2, 0.25) is 0 Å². The average molecular weight is 282 g/mol. The van der Waals surface area contributed by atoms with E-state index < -0.39 is 12.6 Å². The monoisotopic (exact) mass is 282 g/mol. The smallest absolute Gasteiger partial charge is 0.341 e. The van der Waals surface area contributed by atoms with Gasteiger partial charge in [-0.3, -0.25) is 4.79 Å². The van der Waals surface area contributed by atoms with Crippen LogP contribution in [0.25, 0.3) is 0 Å². The minimum atomic E-state index is -1.08. The molecule has 0 heterocycles. The first-order valence-corrected chi connectivity index (χ1v) is 7.66. The Morgan fingerprint density at radius 2 is 1.95 bits per heavy atom. The van der Waals surface area contributed by atoms with Gasteiger partial charge in [0.1, 0.15) is 0 Å². The van der Waals surface area contributed by atoms with Gasteiger partial charge in [0.25, 0.3) is 0 Å². The zero-order valence-electron chi connectivity index (χ0n) is 12.9. The first kappa shape index (κ1) is 15.3. The molecule has 2 aliphatic carbocycles. The van der Waals surface area contributed by atoms with E-state index in [4.69, 9.17) is 9.84 Å². The number of esters is 1. The van der Waals surface area contributed by atoms with E-state index in [1.807, 2.05) is 0 Å². The van der Waals surface area contributed by atoms with Crippen molar-refractivity contribution in [1.82, 2.24) is 0 Å². The summed E-state index contributed by atoms with van der Waals surface area (Å²) in [4.78, 5) is 22.5. The fraction of sp³-hybridized carbons (Fsp3) is 0.875. The number of carboxylic acid groups (broad SMARTS) is 1. The van der Waals surface area contributed by atoms with Crippen LogP contribution in [-0.2, 0) is 14.3 Å². The Balaban J connectivity index is 2.02. The highest BCUT2D eigenvalue weighted by Gasteiger charge is 2.56. The molecule has 2 saturated carbocycles. The Bertz CT molecular complexity index is 399. The third-order valence-corrected chi connectivity index (χ3v) is 5.85. The van der Waals surface area contributed by atoms with Crippen molar-refractivity contribution in [3.63, 3.8) is 0 Å². The minimum Gasteiger partial charge on any atom is -0.479 e. The number of fused-ring (bicyclic) bond motifs is 2. The van der Waals surface area contributed by atoms with Crippen LogP contribution in [0.5, 0.6) is 0 Å². The topological polar surface area (TPSA) is 63.6 Å². The van der Waals surface area contributed by atoms with E-state index in [0.717, 1.165) is 19.3 Å². The molecule has 4 heteroatoms. The van der Waals surface area contributed by atoms with Gasteiger partial charge in [-0.05, 0) is 41.9 Å². The van der Waals surface area contributed by atoms with Gasteiger partial charge in [-0.2, -0.15) is 0 Å². The zero-order valence-corrected chi connectivity index (χ0v) is 12.9. The van der Waals surface area contributed by atoms with Gasteiger partial charge in [0, 0.05) is 0 Å². The molecule has 0 saturated heterocycles. The summed E-state index contributed by atoms with van der Waals surface area (Å²) < 4.78 is 4.90. The van der Waals surface area contributed by atoms with Gasteiger partial charge < -0.3 is 9.84 Å².